The summed E-state index contributed by atoms with van der Waals surface area (Å²) in [6.45, 7) is 2.73. The van der Waals surface area contributed by atoms with Crippen molar-refractivity contribution in [3.63, 3.8) is 0 Å². The Labute approximate surface area is 113 Å². The molecule has 1 aliphatic rings. The van der Waals surface area contributed by atoms with E-state index in [1.807, 2.05) is 6.92 Å². The number of carbonyl (C=O) groups is 1. The lowest BCUT2D eigenvalue weighted by Gasteiger charge is -2.20. The maximum atomic E-state index is 11.8. The van der Waals surface area contributed by atoms with Gasteiger partial charge in [-0.15, -0.1) is 11.3 Å². The number of carbonyl (C=O) groups excluding carboxylic acids is 1. The molecule has 18 heavy (non-hydrogen) atoms. The zero-order valence-corrected chi connectivity index (χ0v) is 11.9. The van der Waals surface area contributed by atoms with E-state index in [0.29, 0.717) is 12.5 Å². The second-order valence-corrected chi connectivity index (χ2v) is 6.23. The van der Waals surface area contributed by atoms with Crippen LogP contribution < -0.4 is 5.32 Å². The quantitative estimate of drug-likeness (QED) is 0.890. The molecular weight excluding hydrogens is 244 g/mol. The summed E-state index contributed by atoms with van der Waals surface area (Å²) in [5.74, 6) is 0.842. The van der Waals surface area contributed by atoms with Crippen molar-refractivity contribution < 1.29 is 4.79 Å². The Balaban J connectivity index is 1.62. The minimum absolute atomic E-state index is 0.217. The number of aryl methyl sites for hydroxylation is 1. The highest BCUT2D eigenvalue weighted by Gasteiger charge is 2.16. The van der Waals surface area contributed by atoms with Gasteiger partial charge >= 0.3 is 0 Å². The predicted octanol–water partition coefficient (Wildman–Crippen LogP) is 3.08. The molecule has 0 spiro atoms. The van der Waals surface area contributed by atoms with Crippen LogP contribution in [0, 0.1) is 12.8 Å². The zero-order valence-electron chi connectivity index (χ0n) is 11.1. The average molecular weight is 266 g/mol. The van der Waals surface area contributed by atoms with E-state index in [0.717, 1.165) is 23.5 Å². The summed E-state index contributed by atoms with van der Waals surface area (Å²) >= 11 is 1.67. The van der Waals surface area contributed by atoms with Gasteiger partial charge in [0.05, 0.1) is 10.7 Å². The minimum atomic E-state index is 0.217. The number of thiazole rings is 1. The summed E-state index contributed by atoms with van der Waals surface area (Å²) in [6, 6.07) is 0. The van der Waals surface area contributed by atoms with Crippen LogP contribution in [-0.2, 0) is 11.2 Å². The Morgan fingerprint density at radius 3 is 2.89 bits per heavy atom. The van der Waals surface area contributed by atoms with Gasteiger partial charge in [0.15, 0.2) is 0 Å². The number of hydrogen-bond acceptors (Lipinski definition) is 3. The van der Waals surface area contributed by atoms with Gasteiger partial charge in [-0.3, -0.25) is 4.79 Å². The number of aromatic nitrogens is 1. The van der Waals surface area contributed by atoms with Gasteiger partial charge in [0.25, 0.3) is 0 Å². The largest absolute Gasteiger partial charge is 0.356 e. The summed E-state index contributed by atoms with van der Waals surface area (Å²) in [5.41, 5.74) is 1.09. The van der Waals surface area contributed by atoms with Gasteiger partial charge in [0, 0.05) is 24.8 Å². The molecule has 0 bridgehead atoms. The van der Waals surface area contributed by atoms with E-state index >= 15 is 0 Å². The SMILES string of the molecule is Cc1nc(CCNC(=O)CC2CCCCC2)cs1. The van der Waals surface area contributed by atoms with Crippen LogP contribution in [0.15, 0.2) is 5.38 Å². The number of hydrogen-bond donors (Lipinski definition) is 1. The first-order chi connectivity index (χ1) is 8.74. The number of amides is 1. The molecule has 0 aliphatic heterocycles. The van der Waals surface area contributed by atoms with Crippen molar-refractivity contribution in [1.82, 2.24) is 10.3 Å². The fourth-order valence-electron chi connectivity index (χ4n) is 2.58. The highest BCUT2D eigenvalue weighted by Crippen LogP contribution is 2.25. The highest BCUT2D eigenvalue weighted by atomic mass is 32.1. The molecule has 0 radical (unpaired) electrons. The van der Waals surface area contributed by atoms with Crippen LogP contribution in [-0.4, -0.2) is 17.4 Å². The third-order valence-corrected chi connectivity index (χ3v) is 4.39. The Hall–Kier alpha value is -0.900. The molecule has 0 unspecified atom stereocenters. The molecule has 1 aliphatic carbocycles. The lowest BCUT2D eigenvalue weighted by atomic mass is 9.87. The first kappa shape index (κ1) is 13.5. The van der Waals surface area contributed by atoms with Gasteiger partial charge in [0.1, 0.15) is 0 Å². The van der Waals surface area contributed by atoms with Gasteiger partial charge in [-0.1, -0.05) is 19.3 Å². The topological polar surface area (TPSA) is 42.0 Å². The van der Waals surface area contributed by atoms with Gasteiger partial charge in [-0.25, -0.2) is 4.98 Å². The molecule has 100 valence electrons. The predicted molar refractivity (Wildman–Crippen MR) is 74.8 cm³/mol. The second kappa shape index (κ2) is 6.88. The van der Waals surface area contributed by atoms with E-state index in [9.17, 15) is 4.79 Å². The molecule has 1 aromatic heterocycles. The minimum Gasteiger partial charge on any atom is -0.356 e. The standard InChI is InChI=1S/C14H22N2OS/c1-11-16-13(10-18-11)7-8-15-14(17)9-12-5-3-2-4-6-12/h10,12H,2-9H2,1H3,(H,15,17). The molecule has 1 fully saturated rings. The molecule has 2 rings (SSSR count). The first-order valence-corrected chi connectivity index (χ1v) is 7.79. The maximum Gasteiger partial charge on any atom is 0.220 e. The summed E-state index contributed by atoms with van der Waals surface area (Å²) in [6.07, 6.45) is 7.99. The van der Waals surface area contributed by atoms with E-state index in [-0.39, 0.29) is 5.91 Å². The molecule has 4 heteroatoms. The molecule has 0 aromatic carbocycles. The average Bonchev–Trinajstić information content (AvgIpc) is 2.76. The third-order valence-electron chi connectivity index (χ3n) is 3.57. The monoisotopic (exact) mass is 266 g/mol. The molecular formula is C14H22N2OS. The van der Waals surface area contributed by atoms with E-state index in [1.54, 1.807) is 11.3 Å². The molecule has 0 atom stereocenters. The van der Waals surface area contributed by atoms with Gasteiger partial charge in [0.2, 0.25) is 5.91 Å². The smallest absolute Gasteiger partial charge is 0.220 e. The van der Waals surface area contributed by atoms with Gasteiger partial charge in [-0.2, -0.15) is 0 Å². The van der Waals surface area contributed by atoms with Gasteiger partial charge in [-0.05, 0) is 25.7 Å². The molecule has 1 amide bonds. The molecule has 1 heterocycles. The van der Waals surface area contributed by atoms with Crippen molar-refractivity contribution in [2.24, 2.45) is 5.92 Å². The van der Waals surface area contributed by atoms with Crippen LogP contribution in [0.3, 0.4) is 0 Å². The number of nitrogens with zero attached hydrogens (tertiary/aromatic N) is 1. The van der Waals surface area contributed by atoms with Crippen LogP contribution >= 0.6 is 11.3 Å². The van der Waals surface area contributed by atoms with Crippen LogP contribution in [0.4, 0.5) is 0 Å². The summed E-state index contributed by atoms with van der Waals surface area (Å²) in [7, 11) is 0. The second-order valence-electron chi connectivity index (χ2n) is 5.17. The normalized spacial score (nSPS) is 16.7. The summed E-state index contributed by atoms with van der Waals surface area (Å²) in [5, 5.41) is 6.18. The van der Waals surface area contributed by atoms with Crippen molar-refractivity contribution >= 4 is 17.2 Å². The van der Waals surface area contributed by atoms with Crippen molar-refractivity contribution in [3.8, 4) is 0 Å². The van der Waals surface area contributed by atoms with E-state index in [2.05, 4.69) is 15.7 Å². The summed E-state index contributed by atoms with van der Waals surface area (Å²) in [4.78, 5) is 16.2. The lowest BCUT2D eigenvalue weighted by Crippen LogP contribution is -2.28. The third kappa shape index (κ3) is 4.41. The number of nitrogens with one attached hydrogen (secondary N) is 1. The van der Waals surface area contributed by atoms with E-state index in [4.69, 9.17) is 0 Å². The van der Waals surface area contributed by atoms with Crippen LogP contribution in [0.1, 0.15) is 49.2 Å². The van der Waals surface area contributed by atoms with Crippen molar-refractivity contribution in [1.29, 1.82) is 0 Å². The van der Waals surface area contributed by atoms with Crippen molar-refractivity contribution in [2.45, 2.75) is 51.9 Å². The van der Waals surface area contributed by atoms with E-state index < -0.39 is 0 Å². The zero-order chi connectivity index (χ0) is 12.8. The Bertz CT molecular complexity index is 383. The molecule has 3 nitrogen and oxygen atoms in total. The fraction of sp³-hybridized carbons (Fsp3) is 0.714. The van der Waals surface area contributed by atoms with Gasteiger partial charge < -0.3 is 5.32 Å². The van der Waals surface area contributed by atoms with Crippen LogP contribution in [0.2, 0.25) is 0 Å². The Morgan fingerprint density at radius 2 is 2.22 bits per heavy atom. The Kier molecular flexibility index (Phi) is 5.17. The molecule has 0 saturated heterocycles. The van der Waals surface area contributed by atoms with Crippen LogP contribution in [0.25, 0.3) is 0 Å². The van der Waals surface area contributed by atoms with E-state index in [1.165, 1.54) is 32.1 Å². The molecule has 1 N–H and O–H groups in total. The maximum absolute atomic E-state index is 11.8. The highest BCUT2D eigenvalue weighted by molar-refractivity contribution is 7.09. The van der Waals surface area contributed by atoms with Crippen molar-refractivity contribution in [3.05, 3.63) is 16.1 Å². The first-order valence-electron chi connectivity index (χ1n) is 6.92. The fourth-order valence-corrected chi connectivity index (χ4v) is 3.23. The number of rotatable bonds is 5. The molecule has 1 aromatic rings. The summed E-state index contributed by atoms with van der Waals surface area (Å²) < 4.78 is 0. The lowest BCUT2D eigenvalue weighted by molar-refractivity contribution is -0.122. The van der Waals surface area contributed by atoms with Crippen molar-refractivity contribution in [2.75, 3.05) is 6.54 Å². The van der Waals surface area contributed by atoms with Crippen LogP contribution in [0.5, 0.6) is 0 Å². The Morgan fingerprint density at radius 1 is 1.44 bits per heavy atom. The molecule has 1 saturated carbocycles.